The number of benzene rings is 6. The first-order chi connectivity index (χ1) is 27.8. The van der Waals surface area contributed by atoms with Crippen LogP contribution < -0.4 is 4.90 Å². The Morgan fingerprint density at radius 1 is 0.632 bits per heavy atom. The van der Waals surface area contributed by atoms with Crippen molar-refractivity contribution in [1.29, 1.82) is 0 Å². The van der Waals surface area contributed by atoms with Gasteiger partial charge in [0.05, 0.1) is 11.4 Å². The third kappa shape index (κ3) is 6.34. The van der Waals surface area contributed by atoms with Crippen molar-refractivity contribution in [2.24, 2.45) is 0 Å². The van der Waals surface area contributed by atoms with E-state index in [0.717, 1.165) is 50.5 Å². The maximum absolute atomic E-state index is 6.71. The largest absolute Gasteiger partial charge is 0.454 e. The molecule has 0 aliphatic heterocycles. The minimum absolute atomic E-state index is 0.281. The molecular weight excluding hydrogens is 691 g/mol. The Hall–Kier alpha value is -6.90. The third-order valence-electron chi connectivity index (χ3n) is 11.2. The van der Waals surface area contributed by atoms with Gasteiger partial charge in [-0.15, -0.1) is 0 Å². The van der Waals surface area contributed by atoms with Gasteiger partial charge in [-0.25, -0.2) is 0 Å². The van der Waals surface area contributed by atoms with Gasteiger partial charge in [-0.3, -0.25) is 0 Å². The van der Waals surface area contributed by atoms with E-state index in [1.165, 1.54) is 49.7 Å². The van der Waals surface area contributed by atoms with Crippen LogP contribution >= 0.6 is 0 Å². The van der Waals surface area contributed by atoms with Crippen LogP contribution in [0.4, 0.5) is 11.4 Å². The summed E-state index contributed by atoms with van der Waals surface area (Å²) < 4.78 is 6.71. The number of fused-ring (bicyclic) bond motifs is 5. The lowest BCUT2D eigenvalue weighted by Gasteiger charge is -2.30. The highest BCUT2D eigenvalue weighted by Gasteiger charge is 2.37. The van der Waals surface area contributed by atoms with Crippen LogP contribution in [0, 0.1) is 0 Å². The second-order valence-corrected chi connectivity index (χ2v) is 14.9. The predicted octanol–water partition coefficient (Wildman–Crippen LogP) is 15.8. The van der Waals surface area contributed by atoms with Crippen LogP contribution in [-0.4, -0.2) is 0 Å². The van der Waals surface area contributed by atoms with Gasteiger partial charge < -0.3 is 9.32 Å². The second-order valence-electron chi connectivity index (χ2n) is 14.9. The van der Waals surface area contributed by atoms with Crippen molar-refractivity contribution in [3.8, 4) is 22.3 Å². The lowest BCUT2D eigenvalue weighted by molar-refractivity contribution is 0.603. The molecule has 1 aliphatic carbocycles. The molecule has 1 aliphatic rings. The second kappa shape index (κ2) is 15.3. The van der Waals surface area contributed by atoms with Crippen LogP contribution in [0.1, 0.15) is 66.8 Å². The molecule has 57 heavy (non-hydrogen) atoms. The summed E-state index contributed by atoms with van der Waals surface area (Å²) in [6.07, 6.45) is 20.1. The lowest BCUT2D eigenvalue weighted by atomic mass is 9.81. The molecule has 8 rings (SSSR count). The van der Waals surface area contributed by atoms with Crippen molar-refractivity contribution in [3.63, 3.8) is 0 Å². The predicted molar refractivity (Wildman–Crippen MR) is 249 cm³/mol. The fraction of sp³-hybridized carbons (Fsp3) is 0.0909. The Kier molecular flexibility index (Phi) is 9.96. The third-order valence-corrected chi connectivity index (χ3v) is 11.2. The topological polar surface area (TPSA) is 16.4 Å². The summed E-state index contributed by atoms with van der Waals surface area (Å²) in [6, 6.07) is 41.9. The van der Waals surface area contributed by atoms with Gasteiger partial charge in [-0.2, -0.15) is 0 Å². The number of hydrogen-bond acceptors (Lipinski definition) is 2. The van der Waals surface area contributed by atoms with Gasteiger partial charge in [0.25, 0.3) is 0 Å². The molecule has 1 heterocycles. The molecule has 0 atom stereocenters. The standard InChI is InChI=1S/C55H47NO/c1-8-13-15-28-51(37-23-16-14-17-24-37)56(52-29-20-27-47-42(12-5)53(22-10-3)57-54(47)52)40-31-33-46-45-32-30-39(35-49(45)55(6,7)50(46)36-40)48-34-38(21-9-2)41(11-4)43-25-18-19-26-44(43)48/h8-36H,1,4-5H2,2-3,6-7H3/b15-13-,21-9-,22-10-,51-28-. The van der Waals surface area contributed by atoms with Crippen molar-refractivity contribution in [1.82, 2.24) is 0 Å². The summed E-state index contributed by atoms with van der Waals surface area (Å²) in [5.74, 6) is 0.790. The average Bonchev–Trinajstić information content (AvgIpc) is 3.71. The van der Waals surface area contributed by atoms with Gasteiger partial charge in [0.1, 0.15) is 5.76 Å². The molecular formula is C55H47NO. The van der Waals surface area contributed by atoms with Crippen LogP contribution in [0.25, 0.3) is 74.0 Å². The van der Waals surface area contributed by atoms with Crippen LogP contribution in [0.5, 0.6) is 0 Å². The Morgan fingerprint density at radius 2 is 1.32 bits per heavy atom. The monoisotopic (exact) mass is 737 g/mol. The summed E-state index contributed by atoms with van der Waals surface area (Å²) >= 11 is 0. The highest BCUT2D eigenvalue weighted by molar-refractivity contribution is 6.05. The molecule has 278 valence electrons. The molecule has 1 aromatic heterocycles. The number of nitrogens with zero attached hydrogens (tertiary/aromatic N) is 1. The smallest absolute Gasteiger partial charge is 0.159 e. The Morgan fingerprint density at radius 3 is 2.04 bits per heavy atom. The highest BCUT2D eigenvalue weighted by Crippen LogP contribution is 2.52. The quantitative estimate of drug-likeness (QED) is 0.123. The molecule has 0 radical (unpaired) electrons. The SMILES string of the molecule is C=C/C=C\C=C(\c1ccccc1)N(c1ccc2c(c1)C(C)(C)c1cc(-c3cc(/C=C\C)c(C=C)c4ccccc34)ccc1-2)c1cccc2c(C=C)c(/C=C\C)oc12. The molecule has 6 aromatic carbocycles. The summed E-state index contributed by atoms with van der Waals surface area (Å²) in [4.78, 5) is 2.34. The number of rotatable bonds is 11. The zero-order valence-electron chi connectivity index (χ0n) is 33.2. The van der Waals surface area contributed by atoms with E-state index in [4.69, 9.17) is 4.42 Å². The van der Waals surface area contributed by atoms with Gasteiger partial charge in [0.2, 0.25) is 0 Å². The molecule has 0 unspecified atom stereocenters. The van der Waals surface area contributed by atoms with Crippen LogP contribution in [0.15, 0.2) is 176 Å². The van der Waals surface area contributed by atoms with E-state index in [9.17, 15) is 0 Å². The van der Waals surface area contributed by atoms with Crippen molar-refractivity contribution in [3.05, 3.63) is 211 Å². The van der Waals surface area contributed by atoms with E-state index < -0.39 is 0 Å². The molecule has 2 nitrogen and oxygen atoms in total. The first-order valence-electron chi connectivity index (χ1n) is 19.6. The fourth-order valence-electron chi connectivity index (χ4n) is 8.58. The molecule has 0 N–H and O–H groups in total. The molecule has 2 heteroatoms. The van der Waals surface area contributed by atoms with Gasteiger partial charge in [-0.1, -0.05) is 167 Å². The number of allylic oxidation sites excluding steroid dienone is 6. The molecule has 0 fully saturated rings. The van der Waals surface area contributed by atoms with Crippen LogP contribution in [0.3, 0.4) is 0 Å². The number of furan rings is 1. The lowest BCUT2D eigenvalue weighted by Crippen LogP contribution is -2.19. The summed E-state index contributed by atoms with van der Waals surface area (Å²) in [5.41, 5.74) is 15.4. The molecule has 0 amide bonds. The summed E-state index contributed by atoms with van der Waals surface area (Å²) in [6.45, 7) is 21.0. The van der Waals surface area contributed by atoms with Gasteiger partial charge in [0.15, 0.2) is 5.58 Å². The summed E-state index contributed by atoms with van der Waals surface area (Å²) in [5, 5.41) is 3.45. The highest BCUT2D eigenvalue weighted by atomic mass is 16.3. The Labute approximate surface area is 337 Å². The number of para-hydroxylation sites is 1. The average molecular weight is 738 g/mol. The van der Waals surface area contributed by atoms with E-state index in [1.54, 1.807) is 6.08 Å². The van der Waals surface area contributed by atoms with Crippen molar-refractivity contribution in [2.45, 2.75) is 33.1 Å². The fourth-order valence-corrected chi connectivity index (χ4v) is 8.58. The normalized spacial score (nSPS) is 13.5. The van der Waals surface area contributed by atoms with E-state index in [-0.39, 0.29) is 5.41 Å². The summed E-state index contributed by atoms with van der Waals surface area (Å²) in [7, 11) is 0. The van der Waals surface area contributed by atoms with Crippen molar-refractivity contribution >= 4 is 63.1 Å². The molecule has 0 bridgehead atoms. The minimum Gasteiger partial charge on any atom is -0.454 e. The van der Waals surface area contributed by atoms with Crippen LogP contribution in [0.2, 0.25) is 0 Å². The maximum atomic E-state index is 6.71. The molecule has 0 spiro atoms. The molecule has 7 aromatic rings. The van der Waals surface area contributed by atoms with E-state index in [1.807, 2.05) is 43.4 Å². The van der Waals surface area contributed by atoms with Gasteiger partial charge >= 0.3 is 0 Å². The zero-order valence-corrected chi connectivity index (χ0v) is 33.2. The maximum Gasteiger partial charge on any atom is 0.159 e. The van der Waals surface area contributed by atoms with Gasteiger partial charge in [0, 0.05) is 22.1 Å². The number of hydrogen-bond donors (Lipinski definition) is 0. The molecule has 0 saturated heterocycles. The van der Waals surface area contributed by atoms with Crippen LogP contribution in [-0.2, 0) is 5.41 Å². The Balaban J connectivity index is 1.33. The first-order valence-corrected chi connectivity index (χ1v) is 19.6. The molecule has 0 saturated carbocycles. The van der Waals surface area contributed by atoms with Crippen molar-refractivity contribution < 1.29 is 4.42 Å². The number of anilines is 2. The minimum atomic E-state index is -0.281. The zero-order chi connectivity index (χ0) is 39.7. The van der Waals surface area contributed by atoms with E-state index in [2.05, 4.69) is 179 Å². The van der Waals surface area contributed by atoms with E-state index in [0.29, 0.717) is 0 Å². The van der Waals surface area contributed by atoms with Crippen molar-refractivity contribution in [2.75, 3.05) is 4.90 Å². The Bertz CT molecular complexity index is 2830. The van der Waals surface area contributed by atoms with Gasteiger partial charge in [-0.05, 0) is 117 Å². The first kappa shape index (κ1) is 37.0. The van der Waals surface area contributed by atoms with E-state index >= 15 is 0 Å².